The molecule has 0 unspecified atom stereocenters. The van der Waals surface area contributed by atoms with E-state index in [1.54, 1.807) is 12.1 Å². The molecule has 19 heavy (non-hydrogen) atoms. The number of carbonyl (C=O) groups excluding carboxylic acids is 1. The van der Waals surface area contributed by atoms with Crippen molar-refractivity contribution < 1.29 is 4.79 Å². The second-order valence-corrected chi connectivity index (χ2v) is 6.21. The van der Waals surface area contributed by atoms with E-state index in [0.29, 0.717) is 21.2 Å². The van der Waals surface area contributed by atoms with Gasteiger partial charge in [-0.25, -0.2) is 0 Å². The number of halogens is 2. The van der Waals surface area contributed by atoms with Crippen LogP contribution in [-0.4, -0.2) is 5.78 Å². The summed E-state index contributed by atoms with van der Waals surface area (Å²) in [7, 11) is 0. The number of carbonyl (C=O) groups is 1. The Morgan fingerprint density at radius 3 is 1.68 bits per heavy atom. The van der Waals surface area contributed by atoms with E-state index < -0.39 is 0 Å². The molecular weight excluding hydrogens is 279 g/mol. The average molecular weight is 291 g/mol. The summed E-state index contributed by atoms with van der Waals surface area (Å²) < 4.78 is 0. The molecule has 2 aromatic rings. The van der Waals surface area contributed by atoms with Crippen LogP contribution in [0.4, 0.5) is 0 Å². The van der Waals surface area contributed by atoms with Crippen molar-refractivity contribution in [2.45, 2.75) is 19.3 Å². The largest absolute Gasteiger partial charge is 0.289 e. The fourth-order valence-corrected chi connectivity index (χ4v) is 3.13. The number of hydrogen-bond acceptors (Lipinski definition) is 1. The van der Waals surface area contributed by atoms with E-state index in [1.165, 1.54) is 0 Å². The highest BCUT2D eigenvalue weighted by Gasteiger charge is 2.36. The van der Waals surface area contributed by atoms with E-state index in [1.807, 2.05) is 24.3 Å². The van der Waals surface area contributed by atoms with Crippen molar-refractivity contribution in [2.24, 2.45) is 0 Å². The summed E-state index contributed by atoms with van der Waals surface area (Å²) in [6, 6.07) is 11.0. The summed E-state index contributed by atoms with van der Waals surface area (Å²) in [6.45, 7) is 4.22. The fourth-order valence-electron chi connectivity index (χ4n) is 2.79. The van der Waals surface area contributed by atoms with Crippen LogP contribution in [0.15, 0.2) is 36.4 Å². The number of benzene rings is 2. The standard InChI is InChI=1S/C16H12Cl2O/c1-16(2)13-5-3-9(17)7-11(13)15(19)12-8-10(18)4-6-14(12)16/h3-8H,1-2H3. The van der Waals surface area contributed by atoms with Gasteiger partial charge in [0.25, 0.3) is 0 Å². The van der Waals surface area contributed by atoms with E-state index in [4.69, 9.17) is 23.2 Å². The van der Waals surface area contributed by atoms with Gasteiger partial charge >= 0.3 is 0 Å². The molecule has 1 nitrogen and oxygen atoms in total. The molecule has 0 heterocycles. The molecule has 0 spiro atoms. The van der Waals surface area contributed by atoms with Crippen molar-refractivity contribution in [3.63, 3.8) is 0 Å². The Balaban J connectivity index is 2.36. The second kappa shape index (κ2) is 4.09. The van der Waals surface area contributed by atoms with Crippen LogP contribution in [0, 0.1) is 0 Å². The van der Waals surface area contributed by atoms with Crippen LogP contribution in [0.3, 0.4) is 0 Å². The van der Waals surface area contributed by atoms with Crippen LogP contribution in [0.5, 0.6) is 0 Å². The molecule has 0 bridgehead atoms. The SMILES string of the molecule is CC1(C)c2ccc(Cl)cc2C(=O)c2cc(Cl)ccc21. The van der Waals surface area contributed by atoms with Gasteiger partial charge in [-0.05, 0) is 35.4 Å². The highest BCUT2D eigenvalue weighted by atomic mass is 35.5. The summed E-state index contributed by atoms with van der Waals surface area (Å²) in [4.78, 5) is 12.6. The Bertz CT molecular complexity index is 644. The minimum absolute atomic E-state index is 0.00525. The zero-order valence-electron chi connectivity index (χ0n) is 10.6. The smallest absolute Gasteiger partial charge is 0.193 e. The number of fused-ring (bicyclic) bond motifs is 2. The van der Waals surface area contributed by atoms with Gasteiger partial charge in [-0.2, -0.15) is 0 Å². The maximum Gasteiger partial charge on any atom is 0.193 e. The Hall–Kier alpha value is -1.31. The fraction of sp³-hybridized carbons (Fsp3) is 0.188. The van der Waals surface area contributed by atoms with Crippen LogP contribution >= 0.6 is 23.2 Å². The van der Waals surface area contributed by atoms with Crippen LogP contribution in [0.25, 0.3) is 0 Å². The lowest BCUT2D eigenvalue weighted by Crippen LogP contribution is -2.30. The predicted octanol–water partition coefficient (Wildman–Crippen LogP) is 4.86. The minimum atomic E-state index is -0.228. The third-order valence-electron chi connectivity index (χ3n) is 3.80. The van der Waals surface area contributed by atoms with Crippen molar-refractivity contribution >= 4 is 29.0 Å². The first kappa shape index (κ1) is 12.7. The Morgan fingerprint density at radius 2 is 1.26 bits per heavy atom. The number of hydrogen-bond donors (Lipinski definition) is 0. The molecule has 3 heteroatoms. The summed E-state index contributed by atoms with van der Waals surface area (Å²) in [5, 5.41) is 1.15. The van der Waals surface area contributed by atoms with Gasteiger partial charge in [0.15, 0.2) is 5.78 Å². The van der Waals surface area contributed by atoms with Gasteiger partial charge in [0, 0.05) is 26.6 Å². The molecule has 0 saturated heterocycles. The lowest BCUT2D eigenvalue weighted by molar-refractivity contribution is 0.103. The lowest BCUT2D eigenvalue weighted by atomic mass is 9.68. The first-order valence-corrected chi connectivity index (χ1v) is 6.81. The summed E-state index contributed by atoms with van der Waals surface area (Å²) in [5.41, 5.74) is 3.14. The highest BCUT2D eigenvalue weighted by Crippen LogP contribution is 2.42. The maximum absolute atomic E-state index is 12.6. The molecule has 1 aliphatic rings. The van der Waals surface area contributed by atoms with Crippen molar-refractivity contribution in [3.8, 4) is 0 Å². The third kappa shape index (κ3) is 1.80. The summed E-state index contributed by atoms with van der Waals surface area (Å²) >= 11 is 12.0. The molecule has 0 radical (unpaired) electrons. The topological polar surface area (TPSA) is 17.1 Å². The molecular formula is C16H12Cl2O. The molecule has 0 fully saturated rings. The van der Waals surface area contributed by atoms with Crippen molar-refractivity contribution in [3.05, 3.63) is 68.7 Å². The quantitative estimate of drug-likeness (QED) is 0.677. The molecule has 3 rings (SSSR count). The zero-order chi connectivity index (χ0) is 13.8. The summed E-state index contributed by atoms with van der Waals surface area (Å²) in [6.07, 6.45) is 0. The minimum Gasteiger partial charge on any atom is -0.289 e. The van der Waals surface area contributed by atoms with Crippen molar-refractivity contribution in [1.29, 1.82) is 0 Å². The number of rotatable bonds is 0. The van der Waals surface area contributed by atoms with Crippen LogP contribution in [0.1, 0.15) is 40.9 Å². The van der Waals surface area contributed by atoms with E-state index in [9.17, 15) is 4.79 Å². The van der Waals surface area contributed by atoms with E-state index in [0.717, 1.165) is 11.1 Å². The van der Waals surface area contributed by atoms with Crippen LogP contribution in [0.2, 0.25) is 10.0 Å². The van der Waals surface area contributed by atoms with Gasteiger partial charge in [0.2, 0.25) is 0 Å². The van der Waals surface area contributed by atoms with Gasteiger partial charge in [-0.3, -0.25) is 4.79 Å². The molecule has 1 aliphatic carbocycles. The van der Waals surface area contributed by atoms with Crippen LogP contribution < -0.4 is 0 Å². The molecule has 0 amide bonds. The Labute approximate surface area is 122 Å². The Morgan fingerprint density at radius 1 is 0.842 bits per heavy atom. The van der Waals surface area contributed by atoms with Gasteiger partial charge in [0.05, 0.1) is 0 Å². The van der Waals surface area contributed by atoms with Gasteiger partial charge in [-0.15, -0.1) is 0 Å². The molecule has 0 N–H and O–H groups in total. The zero-order valence-corrected chi connectivity index (χ0v) is 12.1. The van der Waals surface area contributed by atoms with Gasteiger partial charge < -0.3 is 0 Å². The van der Waals surface area contributed by atoms with Gasteiger partial charge in [0.1, 0.15) is 0 Å². The first-order valence-electron chi connectivity index (χ1n) is 6.06. The number of ketones is 1. The normalized spacial score (nSPS) is 15.9. The van der Waals surface area contributed by atoms with E-state index in [-0.39, 0.29) is 11.2 Å². The van der Waals surface area contributed by atoms with Crippen molar-refractivity contribution in [2.75, 3.05) is 0 Å². The van der Waals surface area contributed by atoms with E-state index >= 15 is 0 Å². The lowest BCUT2D eigenvalue weighted by Gasteiger charge is -2.34. The molecule has 0 aliphatic heterocycles. The molecule has 96 valence electrons. The molecule has 0 saturated carbocycles. The second-order valence-electron chi connectivity index (χ2n) is 5.33. The van der Waals surface area contributed by atoms with E-state index in [2.05, 4.69) is 13.8 Å². The molecule has 0 atom stereocenters. The van der Waals surface area contributed by atoms with Crippen LogP contribution in [-0.2, 0) is 5.41 Å². The van der Waals surface area contributed by atoms with Gasteiger partial charge in [-0.1, -0.05) is 49.2 Å². The average Bonchev–Trinajstić information content (AvgIpc) is 2.35. The predicted molar refractivity (Wildman–Crippen MR) is 78.5 cm³/mol. The third-order valence-corrected chi connectivity index (χ3v) is 4.27. The van der Waals surface area contributed by atoms with Crippen molar-refractivity contribution in [1.82, 2.24) is 0 Å². The maximum atomic E-state index is 12.6. The summed E-state index contributed by atoms with van der Waals surface area (Å²) in [5.74, 6) is -0.00525. The first-order chi connectivity index (χ1) is 8.91. The molecule has 0 aromatic heterocycles. The monoisotopic (exact) mass is 290 g/mol. The molecule has 2 aromatic carbocycles. The Kier molecular flexibility index (Phi) is 2.74. The highest BCUT2D eigenvalue weighted by molar-refractivity contribution is 6.32.